The van der Waals surface area contributed by atoms with Crippen LogP contribution in [0.4, 0.5) is 0 Å². The quantitative estimate of drug-likeness (QED) is 0.800. The molecule has 1 aliphatic heterocycles. The first-order valence-corrected chi connectivity index (χ1v) is 8.85. The van der Waals surface area contributed by atoms with Crippen LogP contribution in [0.5, 0.6) is 5.75 Å². The van der Waals surface area contributed by atoms with E-state index in [2.05, 4.69) is 6.92 Å². The van der Waals surface area contributed by atoms with E-state index in [1.807, 2.05) is 59.5 Å². The number of hydrogen-bond donors (Lipinski definition) is 0. The highest BCUT2D eigenvalue weighted by Gasteiger charge is 2.26. The molecule has 3 nitrogen and oxygen atoms in total. The molecule has 1 atom stereocenters. The van der Waals surface area contributed by atoms with Crippen LogP contribution in [0.25, 0.3) is 0 Å². The first kappa shape index (κ1) is 16.6. The van der Waals surface area contributed by atoms with E-state index in [4.69, 9.17) is 4.74 Å². The van der Waals surface area contributed by atoms with Crippen LogP contribution >= 0.6 is 0 Å². The van der Waals surface area contributed by atoms with Crippen molar-refractivity contribution in [1.82, 2.24) is 4.90 Å². The summed E-state index contributed by atoms with van der Waals surface area (Å²) in [6.45, 7) is 3.54. The molecule has 3 heteroatoms. The Morgan fingerprint density at radius 3 is 2.75 bits per heavy atom. The Bertz CT molecular complexity index is 669. The van der Waals surface area contributed by atoms with Gasteiger partial charge in [-0.05, 0) is 49.4 Å². The van der Waals surface area contributed by atoms with Gasteiger partial charge in [-0.3, -0.25) is 4.79 Å². The first-order chi connectivity index (χ1) is 11.8. The minimum atomic E-state index is 0.131. The number of hydrogen-bond acceptors (Lipinski definition) is 2. The van der Waals surface area contributed by atoms with Crippen LogP contribution in [-0.4, -0.2) is 23.4 Å². The van der Waals surface area contributed by atoms with Crippen molar-refractivity contribution in [3.8, 4) is 5.75 Å². The molecule has 2 aromatic rings. The first-order valence-electron chi connectivity index (χ1n) is 8.85. The largest absolute Gasteiger partial charge is 0.489 e. The maximum Gasteiger partial charge on any atom is 0.254 e. The zero-order chi connectivity index (χ0) is 16.8. The van der Waals surface area contributed by atoms with Crippen molar-refractivity contribution < 1.29 is 9.53 Å². The molecule has 0 aromatic heterocycles. The van der Waals surface area contributed by atoms with Crippen LogP contribution in [0.2, 0.25) is 0 Å². The molecule has 3 rings (SSSR count). The van der Waals surface area contributed by atoms with Crippen LogP contribution < -0.4 is 4.74 Å². The van der Waals surface area contributed by atoms with E-state index in [1.54, 1.807) is 0 Å². The molecule has 1 saturated heterocycles. The summed E-state index contributed by atoms with van der Waals surface area (Å²) in [5.74, 6) is 0.876. The lowest BCUT2D eigenvalue weighted by molar-refractivity contribution is 0.0607. The summed E-state index contributed by atoms with van der Waals surface area (Å²) < 4.78 is 5.85. The highest BCUT2D eigenvalue weighted by molar-refractivity contribution is 5.94. The van der Waals surface area contributed by atoms with E-state index < -0.39 is 0 Å². The molecule has 0 bridgehead atoms. The standard InChI is InChI=1S/C21H25NO2/c1-2-19-12-6-7-14-22(19)21(23)18-11-8-13-20(15-18)24-16-17-9-4-3-5-10-17/h3-5,8-11,13,15,19H,2,6-7,12,14,16H2,1H3. The molecule has 126 valence electrons. The van der Waals surface area contributed by atoms with Gasteiger partial charge in [0.2, 0.25) is 0 Å². The molecule has 0 saturated carbocycles. The molecule has 2 aromatic carbocycles. The molecule has 0 N–H and O–H groups in total. The van der Waals surface area contributed by atoms with Gasteiger partial charge in [0.05, 0.1) is 0 Å². The smallest absolute Gasteiger partial charge is 0.254 e. The third kappa shape index (κ3) is 3.97. The van der Waals surface area contributed by atoms with Gasteiger partial charge >= 0.3 is 0 Å². The molecule has 1 unspecified atom stereocenters. The maximum atomic E-state index is 12.9. The normalized spacial score (nSPS) is 17.5. The lowest BCUT2D eigenvalue weighted by Gasteiger charge is -2.35. The molecular formula is C21H25NO2. The minimum absolute atomic E-state index is 0.131. The van der Waals surface area contributed by atoms with Crippen molar-refractivity contribution in [2.45, 2.75) is 45.3 Å². The number of carbonyl (C=O) groups is 1. The van der Waals surface area contributed by atoms with Crippen LogP contribution in [0.1, 0.15) is 48.5 Å². The molecule has 1 aliphatic rings. The van der Waals surface area contributed by atoms with Crippen LogP contribution in [0.3, 0.4) is 0 Å². The second kappa shape index (κ2) is 8.00. The maximum absolute atomic E-state index is 12.9. The van der Waals surface area contributed by atoms with Crippen molar-refractivity contribution >= 4 is 5.91 Å². The van der Waals surface area contributed by atoms with E-state index >= 15 is 0 Å². The second-order valence-electron chi connectivity index (χ2n) is 6.36. The van der Waals surface area contributed by atoms with E-state index in [0.717, 1.165) is 42.7 Å². The fraction of sp³-hybridized carbons (Fsp3) is 0.381. The van der Waals surface area contributed by atoms with Crippen molar-refractivity contribution in [3.63, 3.8) is 0 Å². The van der Waals surface area contributed by atoms with Crippen molar-refractivity contribution in [2.75, 3.05) is 6.54 Å². The Kier molecular flexibility index (Phi) is 5.52. The highest BCUT2D eigenvalue weighted by atomic mass is 16.5. The Hall–Kier alpha value is -2.29. The SMILES string of the molecule is CCC1CCCCN1C(=O)c1cccc(OCc2ccccc2)c1. The zero-order valence-corrected chi connectivity index (χ0v) is 14.3. The van der Waals surface area contributed by atoms with Crippen molar-refractivity contribution in [3.05, 3.63) is 65.7 Å². The number of amides is 1. The van der Waals surface area contributed by atoms with Gasteiger partial charge in [0, 0.05) is 18.2 Å². The fourth-order valence-electron chi connectivity index (χ4n) is 3.32. The summed E-state index contributed by atoms with van der Waals surface area (Å²) in [6, 6.07) is 18.0. The van der Waals surface area contributed by atoms with E-state index in [-0.39, 0.29) is 5.91 Å². The summed E-state index contributed by atoms with van der Waals surface area (Å²) in [4.78, 5) is 14.9. The van der Waals surface area contributed by atoms with Crippen molar-refractivity contribution in [1.29, 1.82) is 0 Å². The Morgan fingerprint density at radius 2 is 1.96 bits per heavy atom. The zero-order valence-electron chi connectivity index (χ0n) is 14.3. The summed E-state index contributed by atoms with van der Waals surface area (Å²) in [5.41, 5.74) is 1.84. The van der Waals surface area contributed by atoms with Crippen LogP contribution in [0, 0.1) is 0 Å². The highest BCUT2D eigenvalue weighted by Crippen LogP contribution is 2.23. The number of piperidine rings is 1. The Morgan fingerprint density at radius 1 is 1.12 bits per heavy atom. The number of rotatable bonds is 5. The van der Waals surface area contributed by atoms with E-state index in [0.29, 0.717) is 12.6 Å². The van der Waals surface area contributed by atoms with Gasteiger partial charge < -0.3 is 9.64 Å². The van der Waals surface area contributed by atoms with Crippen molar-refractivity contribution in [2.24, 2.45) is 0 Å². The molecule has 0 spiro atoms. The number of benzene rings is 2. The predicted octanol–water partition coefficient (Wildman–Crippen LogP) is 4.67. The molecule has 1 fully saturated rings. The number of ether oxygens (including phenoxy) is 1. The molecule has 24 heavy (non-hydrogen) atoms. The molecule has 0 radical (unpaired) electrons. The van der Waals surface area contributed by atoms with Gasteiger partial charge in [-0.1, -0.05) is 43.3 Å². The number of carbonyl (C=O) groups excluding carboxylic acids is 1. The predicted molar refractivity (Wildman–Crippen MR) is 96.2 cm³/mol. The summed E-state index contributed by atoms with van der Waals surface area (Å²) >= 11 is 0. The van der Waals surface area contributed by atoms with Crippen LogP contribution in [-0.2, 0) is 6.61 Å². The van der Waals surface area contributed by atoms with E-state index in [1.165, 1.54) is 6.42 Å². The average molecular weight is 323 g/mol. The molecule has 1 amide bonds. The van der Waals surface area contributed by atoms with Gasteiger partial charge in [0.25, 0.3) is 5.91 Å². The third-order valence-corrected chi connectivity index (χ3v) is 4.69. The minimum Gasteiger partial charge on any atom is -0.489 e. The van der Waals surface area contributed by atoms with E-state index in [9.17, 15) is 4.79 Å². The second-order valence-corrected chi connectivity index (χ2v) is 6.36. The van der Waals surface area contributed by atoms with Gasteiger partial charge in [0.15, 0.2) is 0 Å². The Labute approximate surface area is 144 Å². The monoisotopic (exact) mass is 323 g/mol. The van der Waals surface area contributed by atoms with Gasteiger partial charge in [-0.25, -0.2) is 0 Å². The summed E-state index contributed by atoms with van der Waals surface area (Å²) in [6.07, 6.45) is 4.47. The average Bonchev–Trinajstić information content (AvgIpc) is 2.67. The third-order valence-electron chi connectivity index (χ3n) is 4.69. The van der Waals surface area contributed by atoms with Crippen LogP contribution in [0.15, 0.2) is 54.6 Å². The number of nitrogens with zero attached hydrogens (tertiary/aromatic N) is 1. The summed E-state index contributed by atoms with van der Waals surface area (Å²) in [5, 5.41) is 0. The molecule has 0 aliphatic carbocycles. The topological polar surface area (TPSA) is 29.5 Å². The lowest BCUT2D eigenvalue weighted by Crippen LogP contribution is -2.43. The van der Waals surface area contributed by atoms with Gasteiger partial charge in [-0.15, -0.1) is 0 Å². The van der Waals surface area contributed by atoms with Gasteiger partial charge in [-0.2, -0.15) is 0 Å². The molecule has 1 heterocycles. The lowest BCUT2D eigenvalue weighted by atomic mass is 9.99. The fourth-order valence-corrected chi connectivity index (χ4v) is 3.32. The number of likely N-dealkylation sites (tertiary alicyclic amines) is 1. The van der Waals surface area contributed by atoms with Gasteiger partial charge in [0.1, 0.15) is 12.4 Å². The summed E-state index contributed by atoms with van der Waals surface area (Å²) in [7, 11) is 0. The Balaban J connectivity index is 1.69. The molecular weight excluding hydrogens is 298 g/mol.